The van der Waals surface area contributed by atoms with Crippen LogP contribution in [-0.4, -0.2) is 30.0 Å². The first-order chi connectivity index (χ1) is 12.7. The van der Waals surface area contributed by atoms with E-state index in [9.17, 15) is 9.59 Å². The van der Waals surface area contributed by atoms with Crippen molar-refractivity contribution in [1.82, 2.24) is 9.88 Å². The Morgan fingerprint density at radius 3 is 2.88 bits per heavy atom. The van der Waals surface area contributed by atoms with E-state index in [0.29, 0.717) is 12.3 Å². The highest BCUT2D eigenvalue weighted by molar-refractivity contribution is 5.98. The maximum absolute atomic E-state index is 12.7. The van der Waals surface area contributed by atoms with Crippen molar-refractivity contribution in [1.29, 1.82) is 0 Å². The second-order valence-corrected chi connectivity index (χ2v) is 6.28. The van der Waals surface area contributed by atoms with Crippen LogP contribution in [0.1, 0.15) is 11.5 Å². The van der Waals surface area contributed by atoms with Gasteiger partial charge in [-0.25, -0.2) is 0 Å². The zero-order chi connectivity index (χ0) is 18.1. The number of carbonyl (C=O) groups excluding carboxylic acids is 2. The number of carbonyl (C=O) groups is 2. The summed E-state index contributed by atoms with van der Waals surface area (Å²) in [5, 5.41) is 6.60. The summed E-state index contributed by atoms with van der Waals surface area (Å²) >= 11 is 0. The molecule has 0 aliphatic carbocycles. The van der Waals surface area contributed by atoms with Gasteiger partial charge in [0.2, 0.25) is 11.8 Å². The molecule has 1 unspecified atom stereocenters. The van der Waals surface area contributed by atoms with Crippen LogP contribution in [0.4, 0.5) is 5.69 Å². The fraction of sp³-hybridized carbons (Fsp3) is 0.200. The van der Waals surface area contributed by atoms with E-state index in [2.05, 4.69) is 10.6 Å². The Morgan fingerprint density at radius 2 is 2.04 bits per heavy atom. The maximum Gasteiger partial charge on any atom is 0.239 e. The first-order valence-electron chi connectivity index (χ1n) is 8.48. The number of para-hydroxylation sites is 1. The van der Waals surface area contributed by atoms with Gasteiger partial charge in [0, 0.05) is 24.5 Å². The van der Waals surface area contributed by atoms with Gasteiger partial charge < -0.3 is 19.9 Å². The van der Waals surface area contributed by atoms with Crippen LogP contribution in [0.25, 0.3) is 10.9 Å². The third kappa shape index (κ3) is 2.90. The summed E-state index contributed by atoms with van der Waals surface area (Å²) in [6.45, 7) is 0.585. The van der Waals surface area contributed by atoms with E-state index in [4.69, 9.17) is 4.74 Å². The van der Waals surface area contributed by atoms with Gasteiger partial charge in [-0.05, 0) is 29.7 Å². The average Bonchev–Trinajstić information content (AvgIpc) is 3.26. The normalized spacial score (nSPS) is 15.3. The number of hydrogen-bond donors (Lipinski definition) is 2. The molecular formula is C20H19N3O3. The molecule has 1 atom stereocenters. The first-order valence-corrected chi connectivity index (χ1v) is 8.48. The number of anilines is 1. The van der Waals surface area contributed by atoms with E-state index in [-0.39, 0.29) is 24.3 Å². The van der Waals surface area contributed by atoms with Gasteiger partial charge in [-0.2, -0.15) is 0 Å². The minimum Gasteiger partial charge on any atom is -0.492 e. The van der Waals surface area contributed by atoms with E-state index in [1.165, 1.54) is 0 Å². The number of ether oxygens (including phenoxy) is 1. The Kier molecular flexibility index (Phi) is 4.08. The number of hydrogen-bond acceptors (Lipinski definition) is 3. The molecule has 0 bridgehead atoms. The highest BCUT2D eigenvalue weighted by Crippen LogP contribution is 2.34. The van der Waals surface area contributed by atoms with Crippen molar-refractivity contribution in [3.05, 3.63) is 60.3 Å². The molecule has 2 N–H and O–H groups in total. The predicted molar refractivity (Wildman–Crippen MR) is 99.3 cm³/mol. The van der Waals surface area contributed by atoms with Gasteiger partial charge in [-0.1, -0.05) is 24.3 Å². The number of nitrogens with one attached hydrogen (secondary N) is 2. The lowest BCUT2D eigenvalue weighted by Gasteiger charge is -2.11. The Morgan fingerprint density at radius 1 is 1.19 bits per heavy atom. The molecule has 0 radical (unpaired) electrons. The molecule has 2 aromatic carbocycles. The lowest BCUT2D eigenvalue weighted by atomic mass is 10.0. The van der Waals surface area contributed by atoms with Crippen molar-refractivity contribution in [3.63, 3.8) is 0 Å². The van der Waals surface area contributed by atoms with Crippen LogP contribution in [0.15, 0.2) is 54.7 Å². The van der Waals surface area contributed by atoms with Crippen LogP contribution in [0.5, 0.6) is 5.75 Å². The van der Waals surface area contributed by atoms with Crippen LogP contribution in [-0.2, 0) is 16.1 Å². The van der Waals surface area contributed by atoms with Gasteiger partial charge in [0.25, 0.3) is 0 Å². The SMILES string of the molecule is CNC(=O)Cn1ccc2ccc(NC(=O)C3COc4ccccc43)cc21. The number of fused-ring (bicyclic) bond motifs is 2. The Balaban J connectivity index is 1.57. The summed E-state index contributed by atoms with van der Waals surface area (Å²) < 4.78 is 7.45. The van der Waals surface area contributed by atoms with Gasteiger partial charge in [-0.15, -0.1) is 0 Å². The predicted octanol–water partition coefficient (Wildman–Crippen LogP) is 2.50. The molecule has 1 aliphatic heterocycles. The molecule has 0 saturated carbocycles. The highest BCUT2D eigenvalue weighted by Gasteiger charge is 2.30. The number of nitrogens with zero attached hydrogens (tertiary/aromatic N) is 1. The zero-order valence-electron chi connectivity index (χ0n) is 14.4. The molecule has 26 heavy (non-hydrogen) atoms. The minimum atomic E-state index is -0.320. The molecule has 6 nitrogen and oxygen atoms in total. The van der Waals surface area contributed by atoms with E-state index in [1.807, 2.05) is 59.3 Å². The van der Waals surface area contributed by atoms with Crippen molar-refractivity contribution in [2.75, 3.05) is 19.0 Å². The number of aromatic nitrogens is 1. The molecule has 2 amide bonds. The van der Waals surface area contributed by atoms with Crippen LogP contribution in [0.3, 0.4) is 0 Å². The summed E-state index contributed by atoms with van der Waals surface area (Å²) in [5.74, 6) is 0.275. The van der Waals surface area contributed by atoms with Crippen molar-refractivity contribution in [2.45, 2.75) is 12.5 Å². The Bertz CT molecular complexity index is 993. The smallest absolute Gasteiger partial charge is 0.239 e. The van der Waals surface area contributed by atoms with Gasteiger partial charge in [0.05, 0.1) is 5.52 Å². The fourth-order valence-corrected chi connectivity index (χ4v) is 3.24. The molecule has 132 valence electrons. The molecule has 0 saturated heterocycles. The highest BCUT2D eigenvalue weighted by atomic mass is 16.5. The summed E-state index contributed by atoms with van der Waals surface area (Å²) in [7, 11) is 1.61. The Labute approximate surface area is 150 Å². The van der Waals surface area contributed by atoms with Crippen molar-refractivity contribution < 1.29 is 14.3 Å². The van der Waals surface area contributed by atoms with Gasteiger partial charge in [0.15, 0.2) is 0 Å². The molecule has 1 aromatic heterocycles. The van der Waals surface area contributed by atoms with Crippen molar-refractivity contribution in [3.8, 4) is 5.75 Å². The van der Waals surface area contributed by atoms with Crippen LogP contribution >= 0.6 is 0 Å². The molecule has 4 rings (SSSR count). The van der Waals surface area contributed by atoms with Crippen molar-refractivity contribution >= 4 is 28.4 Å². The topological polar surface area (TPSA) is 72.4 Å². The quantitative estimate of drug-likeness (QED) is 0.760. The molecular weight excluding hydrogens is 330 g/mol. The van der Waals surface area contributed by atoms with E-state index in [0.717, 1.165) is 22.2 Å². The maximum atomic E-state index is 12.7. The Hall–Kier alpha value is -3.28. The van der Waals surface area contributed by atoms with Gasteiger partial charge in [0.1, 0.15) is 24.8 Å². The molecule has 0 fully saturated rings. The largest absolute Gasteiger partial charge is 0.492 e. The summed E-state index contributed by atoms with van der Waals surface area (Å²) in [6.07, 6.45) is 1.87. The van der Waals surface area contributed by atoms with Crippen LogP contribution in [0.2, 0.25) is 0 Å². The second kappa shape index (κ2) is 6.55. The van der Waals surface area contributed by atoms with Gasteiger partial charge >= 0.3 is 0 Å². The third-order valence-electron chi connectivity index (χ3n) is 4.65. The van der Waals surface area contributed by atoms with E-state index < -0.39 is 0 Å². The average molecular weight is 349 g/mol. The molecule has 0 spiro atoms. The zero-order valence-corrected chi connectivity index (χ0v) is 14.4. The van der Waals surface area contributed by atoms with Crippen LogP contribution < -0.4 is 15.4 Å². The fourth-order valence-electron chi connectivity index (χ4n) is 3.24. The standard InChI is InChI=1S/C20H19N3O3/c1-21-19(24)11-23-9-8-13-6-7-14(10-17(13)23)22-20(25)16-12-26-18-5-3-2-4-15(16)18/h2-10,16H,11-12H2,1H3,(H,21,24)(H,22,25). The van der Waals surface area contributed by atoms with Crippen molar-refractivity contribution in [2.24, 2.45) is 0 Å². The second-order valence-electron chi connectivity index (χ2n) is 6.28. The van der Waals surface area contributed by atoms with Gasteiger partial charge in [-0.3, -0.25) is 9.59 Å². The number of amides is 2. The minimum absolute atomic E-state index is 0.0725. The molecule has 6 heteroatoms. The molecule has 2 heterocycles. The lowest BCUT2D eigenvalue weighted by Crippen LogP contribution is -2.23. The molecule has 3 aromatic rings. The van der Waals surface area contributed by atoms with Crippen LogP contribution in [0, 0.1) is 0 Å². The third-order valence-corrected chi connectivity index (χ3v) is 4.65. The monoisotopic (exact) mass is 349 g/mol. The summed E-state index contributed by atoms with van der Waals surface area (Å²) in [4.78, 5) is 24.4. The number of rotatable bonds is 4. The number of likely N-dealkylation sites (N-methyl/N-ethyl adjacent to an activating group) is 1. The molecule has 1 aliphatic rings. The summed E-state index contributed by atoms with van der Waals surface area (Å²) in [5.41, 5.74) is 2.51. The first kappa shape index (κ1) is 16.2. The summed E-state index contributed by atoms with van der Waals surface area (Å²) in [6, 6.07) is 15.2. The van der Waals surface area contributed by atoms with E-state index in [1.54, 1.807) is 7.05 Å². The number of benzene rings is 2. The lowest BCUT2D eigenvalue weighted by molar-refractivity contribution is -0.121. The van der Waals surface area contributed by atoms with E-state index >= 15 is 0 Å².